The molecule has 1 fully saturated rings. The van der Waals surface area contributed by atoms with Crippen LogP contribution in [0.4, 0.5) is 10.5 Å². The molecule has 1 aliphatic heterocycles. The molecule has 2 amide bonds. The minimum Gasteiger partial charge on any atom is -0.394 e. The molecule has 2 rings (SSSR count). The molecule has 5 nitrogen and oxygen atoms in total. The van der Waals surface area contributed by atoms with Crippen LogP contribution >= 0.6 is 11.6 Å². The van der Waals surface area contributed by atoms with Gasteiger partial charge in [0.25, 0.3) is 0 Å². The largest absolute Gasteiger partial charge is 0.394 e. The standard InChI is InChI=1S/C17H26ClN3O2/c1-13(12-22)20(2)17(23)19-9-8-14-15(18)6-5-7-16(14)21-10-3-4-11-21/h5-7,13,22H,3-4,8-12H2,1-2H3,(H,19,23)/t13-/m0/s1. The summed E-state index contributed by atoms with van der Waals surface area (Å²) in [6.07, 6.45) is 3.12. The molecule has 0 radical (unpaired) electrons. The number of carbonyl (C=O) groups is 1. The van der Waals surface area contributed by atoms with Gasteiger partial charge in [0.1, 0.15) is 0 Å². The maximum Gasteiger partial charge on any atom is 0.317 e. The highest BCUT2D eigenvalue weighted by atomic mass is 35.5. The zero-order chi connectivity index (χ0) is 16.8. The Morgan fingerprint density at radius 2 is 2.13 bits per heavy atom. The minimum atomic E-state index is -0.199. The lowest BCUT2D eigenvalue weighted by molar-refractivity contribution is 0.157. The number of carbonyl (C=O) groups excluding carboxylic acids is 1. The molecule has 1 aromatic carbocycles. The summed E-state index contributed by atoms with van der Waals surface area (Å²) in [4.78, 5) is 15.9. The number of nitrogens with zero attached hydrogens (tertiary/aromatic N) is 2. The number of hydrogen-bond acceptors (Lipinski definition) is 3. The van der Waals surface area contributed by atoms with Gasteiger partial charge in [-0.25, -0.2) is 4.79 Å². The maximum absolute atomic E-state index is 12.0. The monoisotopic (exact) mass is 339 g/mol. The lowest BCUT2D eigenvalue weighted by atomic mass is 10.1. The van der Waals surface area contributed by atoms with E-state index in [1.807, 2.05) is 12.1 Å². The highest BCUT2D eigenvalue weighted by Gasteiger charge is 2.18. The van der Waals surface area contributed by atoms with Gasteiger partial charge in [-0.3, -0.25) is 0 Å². The van der Waals surface area contributed by atoms with Crippen LogP contribution in [0.15, 0.2) is 18.2 Å². The van der Waals surface area contributed by atoms with Crippen molar-refractivity contribution in [1.82, 2.24) is 10.2 Å². The van der Waals surface area contributed by atoms with Crippen molar-refractivity contribution >= 4 is 23.3 Å². The molecular weight excluding hydrogens is 314 g/mol. The third-order valence-corrected chi connectivity index (χ3v) is 4.79. The summed E-state index contributed by atoms with van der Waals surface area (Å²) < 4.78 is 0. The van der Waals surface area contributed by atoms with E-state index in [-0.39, 0.29) is 18.7 Å². The lowest BCUT2D eigenvalue weighted by Gasteiger charge is -2.24. The summed E-state index contributed by atoms with van der Waals surface area (Å²) >= 11 is 6.38. The van der Waals surface area contributed by atoms with E-state index in [1.54, 1.807) is 14.0 Å². The number of nitrogens with one attached hydrogen (secondary N) is 1. The van der Waals surface area contributed by atoms with E-state index in [9.17, 15) is 4.79 Å². The second-order valence-electron chi connectivity index (χ2n) is 6.06. The zero-order valence-electron chi connectivity index (χ0n) is 13.9. The first-order chi connectivity index (χ1) is 11.0. The SMILES string of the molecule is C[C@@H](CO)N(C)C(=O)NCCc1c(Cl)cccc1N1CCCC1. The first kappa shape index (κ1) is 17.9. The van der Waals surface area contributed by atoms with E-state index in [4.69, 9.17) is 16.7 Å². The van der Waals surface area contributed by atoms with E-state index in [1.165, 1.54) is 23.4 Å². The van der Waals surface area contributed by atoms with E-state index in [0.29, 0.717) is 13.0 Å². The molecule has 1 atom stereocenters. The van der Waals surface area contributed by atoms with Crippen molar-refractivity contribution in [2.45, 2.75) is 32.2 Å². The summed E-state index contributed by atoms with van der Waals surface area (Å²) in [5.41, 5.74) is 2.27. The number of benzene rings is 1. The molecule has 2 N–H and O–H groups in total. The molecule has 23 heavy (non-hydrogen) atoms. The van der Waals surface area contributed by atoms with Crippen LogP contribution in [0.1, 0.15) is 25.3 Å². The van der Waals surface area contributed by atoms with Gasteiger partial charge in [0.15, 0.2) is 0 Å². The average Bonchev–Trinajstić information content (AvgIpc) is 3.08. The van der Waals surface area contributed by atoms with E-state index in [2.05, 4.69) is 16.3 Å². The van der Waals surface area contributed by atoms with Crippen LogP contribution in [0.25, 0.3) is 0 Å². The quantitative estimate of drug-likeness (QED) is 0.837. The highest BCUT2D eigenvalue weighted by Crippen LogP contribution is 2.30. The van der Waals surface area contributed by atoms with E-state index >= 15 is 0 Å². The Balaban J connectivity index is 1.96. The molecule has 0 spiro atoms. The summed E-state index contributed by atoms with van der Waals surface area (Å²) in [5.74, 6) is 0. The molecule has 0 saturated carbocycles. The van der Waals surface area contributed by atoms with Crippen molar-refractivity contribution in [1.29, 1.82) is 0 Å². The number of urea groups is 1. The van der Waals surface area contributed by atoms with Gasteiger partial charge in [-0.15, -0.1) is 0 Å². The van der Waals surface area contributed by atoms with Crippen molar-refractivity contribution in [3.8, 4) is 0 Å². The third kappa shape index (κ3) is 4.52. The number of amides is 2. The van der Waals surface area contributed by atoms with Gasteiger partial charge in [0.2, 0.25) is 0 Å². The Labute approximate surface area is 143 Å². The molecule has 6 heteroatoms. The lowest BCUT2D eigenvalue weighted by Crippen LogP contribution is -2.44. The Morgan fingerprint density at radius 3 is 2.78 bits per heavy atom. The molecule has 0 unspecified atom stereocenters. The van der Waals surface area contributed by atoms with Crippen LogP contribution in [0.2, 0.25) is 5.02 Å². The number of likely N-dealkylation sites (N-methyl/N-ethyl adjacent to an activating group) is 1. The third-order valence-electron chi connectivity index (χ3n) is 4.44. The Bertz CT molecular complexity index is 533. The predicted octanol–water partition coefficient (Wildman–Crippen LogP) is 2.50. The first-order valence-corrected chi connectivity index (χ1v) is 8.56. The van der Waals surface area contributed by atoms with Gasteiger partial charge < -0.3 is 20.2 Å². The van der Waals surface area contributed by atoms with E-state index in [0.717, 1.165) is 23.7 Å². The number of halogens is 1. The van der Waals surface area contributed by atoms with Gasteiger partial charge in [0, 0.05) is 37.4 Å². The molecule has 1 heterocycles. The van der Waals surface area contributed by atoms with Gasteiger partial charge >= 0.3 is 6.03 Å². The van der Waals surface area contributed by atoms with Crippen LogP contribution in [-0.4, -0.2) is 55.4 Å². The summed E-state index contributed by atoms with van der Waals surface area (Å²) in [6, 6.07) is 5.61. The van der Waals surface area contributed by atoms with E-state index < -0.39 is 0 Å². The topological polar surface area (TPSA) is 55.8 Å². The minimum absolute atomic E-state index is 0.0481. The van der Waals surface area contributed by atoms with Crippen molar-refractivity contribution in [3.63, 3.8) is 0 Å². The van der Waals surface area contributed by atoms with Crippen LogP contribution in [0, 0.1) is 0 Å². The highest BCUT2D eigenvalue weighted by molar-refractivity contribution is 6.31. The van der Waals surface area contributed by atoms with Crippen LogP contribution in [0.3, 0.4) is 0 Å². The van der Waals surface area contributed by atoms with Gasteiger partial charge in [-0.2, -0.15) is 0 Å². The fraction of sp³-hybridized carbons (Fsp3) is 0.588. The number of aliphatic hydroxyl groups is 1. The van der Waals surface area contributed by atoms with Gasteiger partial charge in [-0.1, -0.05) is 17.7 Å². The molecule has 1 saturated heterocycles. The molecule has 1 aliphatic rings. The molecule has 128 valence electrons. The van der Waals surface area contributed by atoms with Crippen molar-refractivity contribution in [2.75, 3.05) is 38.2 Å². The molecule has 0 bridgehead atoms. The van der Waals surface area contributed by atoms with Gasteiger partial charge in [-0.05, 0) is 43.9 Å². The smallest absolute Gasteiger partial charge is 0.317 e. The Hall–Kier alpha value is -1.46. The summed E-state index contributed by atoms with van der Waals surface area (Å²) in [7, 11) is 1.68. The van der Waals surface area contributed by atoms with Crippen LogP contribution < -0.4 is 10.2 Å². The summed E-state index contributed by atoms with van der Waals surface area (Å²) in [5, 5.41) is 12.7. The molecular formula is C17H26ClN3O2. The number of rotatable bonds is 6. The van der Waals surface area contributed by atoms with Crippen LogP contribution in [-0.2, 0) is 6.42 Å². The second-order valence-corrected chi connectivity index (χ2v) is 6.46. The number of anilines is 1. The first-order valence-electron chi connectivity index (χ1n) is 8.18. The maximum atomic E-state index is 12.0. The summed E-state index contributed by atoms with van der Waals surface area (Å²) in [6.45, 7) is 4.41. The van der Waals surface area contributed by atoms with Gasteiger partial charge in [0.05, 0.1) is 12.6 Å². The van der Waals surface area contributed by atoms with Crippen molar-refractivity contribution in [2.24, 2.45) is 0 Å². The fourth-order valence-electron chi connectivity index (χ4n) is 2.79. The fourth-order valence-corrected chi connectivity index (χ4v) is 3.05. The van der Waals surface area contributed by atoms with Crippen molar-refractivity contribution < 1.29 is 9.90 Å². The zero-order valence-corrected chi connectivity index (χ0v) is 14.6. The molecule has 0 aromatic heterocycles. The molecule has 0 aliphatic carbocycles. The average molecular weight is 340 g/mol. The number of aliphatic hydroxyl groups excluding tert-OH is 1. The predicted molar refractivity (Wildman–Crippen MR) is 94.3 cm³/mol. The van der Waals surface area contributed by atoms with Crippen LogP contribution in [0.5, 0.6) is 0 Å². The Kier molecular flexibility index (Phi) is 6.54. The normalized spacial score (nSPS) is 15.6. The Morgan fingerprint density at radius 1 is 1.43 bits per heavy atom. The number of hydrogen-bond donors (Lipinski definition) is 2. The van der Waals surface area contributed by atoms with Crippen molar-refractivity contribution in [3.05, 3.63) is 28.8 Å². The second kappa shape index (κ2) is 8.41. The molecule has 1 aromatic rings.